The largest absolute Gasteiger partial charge is 0.372 e. The maximum absolute atomic E-state index is 6.02. The molecule has 2 aliphatic rings. The van der Waals surface area contributed by atoms with Crippen LogP contribution < -0.4 is 5.32 Å². The van der Waals surface area contributed by atoms with E-state index < -0.39 is 0 Å². The van der Waals surface area contributed by atoms with Crippen LogP contribution >= 0.6 is 0 Å². The molecule has 3 nitrogen and oxygen atoms in total. The first-order valence-corrected chi connectivity index (χ1v) is 7.48. The molecule has 1 N–H and O–H groups in total. The maximum Gasteiger partial charge on any atom is 0.0954 e. The highest BCUT2D eigenvalue weighted by atomic mass is 16.5. The molecule has 0 bridgehead atoms. The highest BCUT2D eigenvalue weighted by molar-refractivity contribution is 5.31. The van der Waals surface area contributed by atoms with Gasteiger partial charge >= 0.3 is 0 Å². The number of nitrogens with one attached hydrogen (secondary N) is 1. The normalized spacial score (nSPS) is 28.7. The van der Waals surface area contributed by atoms with Gasteiger partial charge in [-0.05, 0) is 44.0 Å². The minimum atomic E-state index is 0.259. The molecule has 0 aromatic heterocycles. The quantitative estimate of drug-likeness (QED) is 0.880. The van der Waals surface area contributed by atoms with Crippen LogP contribution in [0.25, 0.3) is 0 Å². The van der Waals surface area contributed by atoms with Crippen molar-refractivity contribution in [3.05, 3.63) is 35.4 Å². The van der Waals surface area contributed by atoms with Crippen LogP contribution in [0.3, 0.4) is 0 Å². The van der Waals surface area contributed by atoms with Crippen LogP contribution in [-0.4, -0.2) is 43.7 Å². The number of rotatable bonds is 2. The first-order chi connectivity index (χ1) is 9.33. The van der Waals surface area contributed by atoms with E-state index in [2.05, 4.69) is 41.4 Å². The van der Waals surface area contributed by atoms with Crippen molar-refractivity contribution in [3.63, 3.8) is 0 Å². The van der Waals surface area contributed by atoms with Crippen molar-refractivity contribution in [2.45, 2.75) is 31.9 Å². The van der Waals surface area contributed by atoms with Crippen LogP contribution in [0.15, 0.2) is 24.3 Å². The SMILES string of the molecule is CC1CN(CC2OCCc3ccccc32)CCCN1. The summed E-state index contributed by atoms with van der Waals surface area (Å²) in [6.07, 6.45) is 2.55. The molecule has 104 valence electrons. The minimum Gasteiger partial charge on any atom is -0.372 e. The Morgan fingerprint density at radius 3 is 3.21 bits per heavy atom. The average Bonchev–Trinajstić information content (AvgIpc) is 2.63. The monoisotopic (exact) mass is 260 g/mol. The summed E-state index contributed by atoms with van der Waals surface area (Å²) < 4.78 is 6.02. The molecule has 1 saturated heterocycles. The summed E-state index contributed by atoms with van der Waals surface area (Å²) in [5.74, 6) is 0. The molecular weight excluding hydrogens is 236 g/mol. The van der Waals surface area contributed by atoms with E-state index in [0.29, 0.717) is 6.04 Å². The number of benzene rings is 1. The van der Waals surface area contributed by atoms with Gasteiger partial charge in [0.15, 0.2) is 0 Å². The first-order valence-electron chi connectivity index (χ1n) is 7.48. The zero-order valence-corrected chi connectivity index (χ0v) is 11.8. The molecule has 2 unspecified atom stereocenters. The van der Waals surface area contributed by atoms with Gasteiger partial charge in [0.1, 0.15) is 0 Å². The summed E-state index contributed by atoms with van der Waals surface area (Å²) in [5.41, 5.74) is 2.87. The van der Waals surface area contributed by atoms with Gasteiger partial charge in [-0.3, -0.25) is 4.90 Å². The molecule has 0 saturated carbocycles. The lowest BCUT2D eigenvalue weighted by Crippen LogP contribution is -2.38. The third kappa shape index (κ3) is 3.16. The molecule has 1 aromatic carbocycles. The van der Waals surface area contributed by atoms with E-state index in [0.717, 1.165) is 32.7 Å². The standard InChI is InChI=1S/C16H24N2O/c1-13-11-18(9-4-8-17-13)12-16-15-6-3-2-5-14(15)7-10-19-16/h2-3,5-6,13,16-17H,4,7-12H2,1H3. The van der Waals surface area contributed by atoms with E-state index in [9.17, 15) is 0 Å². The van der Waals surface area contributed by atoms with E-state index in [-0.39, 0.29) is 6.10 Å². The summed E-state index contributed by atoms with van der Waals surface area (Å²) >= 11 is 0. The summed E-state index contributed by atoms with van der Waals surface area (Å²) in [4.78, 5) is 2.55. The Morgan fingerprint density at radius 2 is 2.26 bits per heavy atom. The van der Waals surface area contributed by atoms with Gasteiger partial charge in [0.25, 0.3) is 0 Å². The summed E-state index contributed by atoms with van der Waals surface area (Å²) in [6.45, 7) is 7.61. The van der Waals surface area contributed by atoms with Crippen molar-refractivity contribution < 1.29 is 4.74 Å². The van der Waals surface area contributed by atoms with Crippen molar-refractivity contribution in [1.29, 1.82) is 0 Å². The summed E-state index contributed by atoms with van der Waals surface area (Å²) in [7, 11) is 0. The fourth-order valence-electron chi connectivity index (χ4n) is 3.22. The highest BCUT2D eigenvalue weighted by Crippen LogP contribution is 2.27. The maximum atomic E-state index is 6.02. The van der Waals surface area contributed by atoms with Gasteiger partial charge < -0.3 is 10.1 Å². The van der Waals surface area contributed by atoms with E-state index in [4.69, 9.17) is 4.74 Å². The fraction of sp³-hybridized carbons (Fsp3) is 0.625. The van der Waals surface area contributed by atoms with Gasteiger partial charge in [-0.25, -0.2) is 0 Å². The van der Waals surface area contributed by atoms with E-state index in [1.54, 1.807) is 0 Å². The van der Waals surface area contributed by atoms with Crippen molar-refractivity contribution in [2.24, 2.45) is 0 Å². The van der Waals surface area contributed by atoms with Gasteiger partial charge in [-0.2, -0.15) is 0 Å². The van der Waals surface area contributed by atoms with E-state index in [1.165, 1.54) is 24.1 Å². The van der Waals surface area contributed by atoms with Crippen molar-refractivity contribution in [3.8, 4) is 0 Å². The molecule has 0 spiro atoms. The molecule has 2 aliphatic heterocycles. The molecule has 0 aliphatic carbocycles. The Morgan fingerprint density at radius 1 is 1.37 bits per heavy atom. The highest BCUT2D eigenvalue weighted by Gasteiger charge is 2.24. The molecule has 2 heterocycles. The number of fused-ring (bicyclic) bond motifs is 1. The zero-order chi connectivity index (χ0) is 13.1. The Bertz CT molecular complexity index is 421. The van der Waals surface area contributed by atoms with E-state index >= 15 is 0 Å². The Kier molecular flexibility index (Phi) is 4.16. The number of ether oxygens (including phenoxy) is 1. The Balaban J connectivity index is 1.70. The lowest BCUT2D eigenvalue weighted by Gasteiger charge is -2.31. The lowest BCUT2D eigenvalue weighted by molar-refractivity contribution is 0.0159. The van der Waals surface area contributed by atoms with Crippen LogP contribution in [0.4, 0.5) is 0 Å². The Hall–Kier alpha value is -0.900. The number of hydrogen-bond donors (Lipinski definition) is 1. The van der Waals surface area contributed by atoms with E-state index in [1.807, 2.05) is 0 Å². The Labute approximate surface area is 115 Å². The van der Waals surface area contributed by atoms with Gasteiger partial charge in [0.05, 0.1) is 12.7 Å². The van der Waals surface area contributed by atoms with Gasteiger partial charge in [0, 0.05) is 19.1 Å². The van der Waals surface area contributed by atoms with Gasteiger partial charge in [-0.1, -0.05) is 24.3 Å². The predicted molar refractivity (Wildman–Crippen MR) is 77.4 cm³/mol. The molecule has 2 atom stereocenters. The first kappa shape index (κ1) is 13.1. The molecule has 3 heteroatoms. The molecular formula is C16H24N2O. The van der Waals surface area contributed by atoms with Crippen molar-refractivity contribution in [1.82, 2.24) is 10.2 Å². The van der Waals surface area contributed by atoms with Crippen LogP contribution in [0, 0.1) is 0 Å². The molecule has 1 fully saturated rings. The minimum absolute atomic E-state index is 0.259. The molecule has 19 heavy (non-hydrogen) atoms. The van der Waals surface area contributed by atoms with Crippen LogP contribution in [0.5, 0.6) is 0 Å². The third-order valence-electron chi connectivity index (χ3n) is 4.19. The lowest BCUT2D eigenvalue weighted by atomic mass is 9.97. The van der Waals surface area contributed by atoms with Crippen LogP contribution in [-0.2, 0) is 11.2 Å². The van der Waals surface area contributed by atoms with Crippen molar-refractivity contribution in [2.75, 3.05) is 32.8 Å². The second-order valence-electron chi connectivity index (χ2n) is 5.78. The predicted octanol–water partition coefficient (Wildman–Crippen LogP) is 1.98. The smallest absolute Gasteiger partial charge is 0.0954 e. The molecule has 0 amide bonds. The average molecular weight is 260 g/mol. The molecule has 0 radical (unpaired) electrons. The van der Waals surface area contributed by atoms with Gasteiger partial charge in [0.2, 0.25) is 0 Å². The molecule has 1 aromatic rings. The summed E-state index contributed by atoms with van der Waals surface area (Å²) in [6, 6.07) is 9.34. The molecule has 3 rings (SSSR count). The number of hydrogen-bond acceptors (Lipinski definition) is 3. The zero-order valence-electron chi connectivity index (χ0n) is 11.8. The fourth-order valence-corrected chi connectivity index (χ4v) is 3.22. The summed E-state index contributed by atoms with van der Waals surface area (Å²) in [5, 5.41) is 3.55. The topological polar surface area (TPSA) is 24.5 Å². The van der Waals surface area contributed by atoms with Crippen LogP contribution in [0.2, 0.25) is 0 Å². The number of nitrogens with zero attached hydrogens (tertiary/aromatic N) is 1. The second-order valence-corrected chi connectivity index (χ2v) is 5.78. The second kappa shape index (κ2) is 6.04. The van der Waals surface area contributed by atoms with Crippen LogP contribution in [0.1, 0.15) is 30.6 Å². The third-order valence-corrected chi connectivity index (χ3v) is 4.19. The van der Waals surface area contributed by atoms with Gasteiger partial charge in [-0.15, -0.1) is 0 Å². The van der Waals surface area contributed by atoms with Crippen molar-refractivity contribution >= 4 is 0 Å².